The molecule has 28 heavy (non-hydrogen) atoms. The predicted octanol–water partition coefficient (Wildman–Crippen LogP) is 4.31. The quantitative estimate of drug-likeness (QED) is 0.525. The van der Waals surface area contributed by atoms with Crippen molar-refractivity contribution >= 4 is 37.3 Å². The number of fused-ring (bicyclic) bond motifs is 1. The third kappa shape index (κ3) is 3.30. The van der Waals surface area contributed by atoms with E-state index in [-0.39, 0.29) is 15.4 Å². The molecule has 0 radical (unpaired) electrons. The maximum Gasteiger partial charge on any atom is 0.263 e. The molecule has 0 aliphatic rings. The number of rotatable bonds is 5. The molecule has 2 aromatic heterocycles. The van der Waals surface area contributed by atoms with Crippen LogP contribution in [0.25, 0.3) is 22.0 Å². The summed E-state index contributed by atoms with van der Waals surface area (Å²) in [5.41, 5.74) is 1.19. The maximum atomic E-state index is 14.5. The second kappa shape index (κ2) is 7.17. The van der Waals surface area contributed by atoms with E-state index in [0.29, 0.717) is 22.4 Å². The summed E-state index contributed by atoms with van der Waals surface area (Å²) < 4.78 is 47.5. The predicted molar refractivity (Wildman–Crippen MR) is 107 cm³/mol. The van der Waals surface area contributed by atoms with Gasteiger partial charge in [0.25, 0.3) is 10.0 Å². The summed E-state index contributed by atoms with van der Waals surface area (Å²) in [5.74, 6) is -0.0232. The fourth-order valence-corrected chi connectivity index (χ4v) is 4.67. The monoisotopic (exact) mass is 415 g/mol. The Morgan fingerprint density at radius 1 is 1.11 bits per heavy atom. The van der Waals surface area contributed by atoms with Gasteiger partial charge in [0.1, 0.15) is 11.6 Å². The van der Waals surface area contributed by atoms with Crippen molar-refractivity contribution < 1.29 is 17.5 Å². The number of thiazole rings is 1. The first-order chi connectivity index (χ1) is 13.5. The Hall–Kier alpha value is -3.04. The molecule has 0 fully saturated rings. The number of anilines is 1. The molecule has 4 rings (SSSR count). The summed E-state index contributed by atoms with van der Waals surface area (Å²) in [5, 5.41) is 2.53. The zero-order valence-corrected chi connectivity index (χ0v) is 16.2. The third-order valence-corrected chi connectivity index (χ3v) is 6.29. The summed E-state index contributed by atoms with van der Waals surface area (Å²) in [6.45, 7) is 0. The molecule has 1 N–H and O–H groups in total. The first-order valence-electron chi connectivity index (χ1n) is 8.13. The van der Waals surface area contributed by atoms with Crippen LogP contribution in [0, 0.1) is 5.82 Å². The Morgan fingerprint density at radius 3 is 2.68 bits per heavy atom. The second-order valence-electron chi connectivity index (χ2n) is 5.81. The van der Waals surface area contributed by atoms with Crippen LogP contribution >= 0.6 is 11.3 Å². The standard InChI is InChI=1S/C19H14FN3O3S2/c1-26-17-5-3-2-4-14(17)18-13-7-6-12(10-15(13)16(20)11-22-18)28(24,25)23-19-21-8-9-27-19/h2-11H,1H3,(H,21,23). The molecule has 0 aliphatic heterocycles. The number of hydrogen-bond donors (Lipinski definition) is 1. The number of nitrogens with one attached hydrogen (secondary N) is 1. The van der Waals surface area contributed by atoms with E-state index < -0.39 is 15.8 Å². The maximum absolute atomic E-state index is 14.5. The van der Waals surface area contributed by atoms with Gasteiger partial charge in [0.2, 0.25) is 0 Å². The van der Waals surface area contributed by atoms with Gasteiger partial charge in [-0.1, -0.05) is 18.2 Å². The fraction of sp³-hybridized carbons (Fsp3) is 0.0526. The molecule has 0 saturated heterocycles. The number of pyridine rings is 1. The lowest BCUT2D eigenvalue weighted by Gasteiger charge is -2.12. The first kappa shape index (κ1) is 18.3. The number of benzene rings is 2. The van der Waals surface area contributed by atoms with Gasteiger partial charge in [-0.25, -0.2) is 17.8 Å². The summed E-state index contributed by atoms with van der Waals surface area (Å²) in [6, 6.07) is 11.5. The Labute approximate surface area is 164 Å². The van der Waals surface area contributed by atoms with Crippen molar-refractivity contribution in [3.8, 4) is 17.0 Å². The lowest BCUT2D eigenvalue weighted by Crippen LogP contribution is -2.12. The van der Waals surface area contributed by atoms with Crippen molar-refractivity contribution in [2.75, 3.05) is 11.8 Å². The highest BCUT2D eigenvalue weighted by atomic mass is 32.2. The lowest BCUT2D eigenvalue weighted by molar-refractivity contribution is 0.416. The molecule has 0 amide bonds. The van der Waals surface area contributed by atoms with Crippen LogP contribution in [0.4, 0.5) is 9.52 Å². The summed E-state index contributed by atoms with van der Waals surface area (Å²) in [6.07, 6.45) is 2.57. The first-order valence-corrected chi connectivity index (χ1v) is 10.5. The number of ether oxygens (including phenoxy) is 1. The molecule has 6 nitrogen and oxygen atoms in total. The van der Waals surface area contributed by atoms with E-state index in [1.165, 1.54) is 18.3 Å². The van der Waals surface area contributed by atoms with Crippen LogP contribution in [0.1, 0.15) is 0 Å². The van der Waals surface area contributed by atoms with Gasteiger partial charge >= 0.3 is 0 Å². The number of methoxy groups -OCH3 is 1. The van der Waals surface area contributed by atoms with Crippen molar-refractivity contribution in [3.05, 3.63) is 66.1 Å². The fourth-order valence-electron chi connectivity index (χ4n) is 2.86. The smallest absolute Gasteiger partial charge is 0.263 e. The van der Waals surface area contributed by atoms with E-state index in [0.717, 1.165) is 17.5 Å². The van der Waals surface area contributed by atoms with Crippen LogP contribution in [0.3, 0.4) is 0 Å². The van der Waals surface area contributed by atoms with Crippen LogP contribution in [0.2, 0.25) is 0 Å². The van der Waals surface area contributed by atoms with Crippen molar-refractivity contribution in [1.82, 2.24) is 9.97 Å². The molecule has 142 valence electrons. The molecule has 0 atom stereocenters. The molecule has 4 aromatic rings. The summed E-state index contributed by atoms with van der Waals surface area (Å²) >= 11 is 1.16. The Morgan fingerprint density at radius 2 is 1.93 bits per heavy atom. The van der Waals surface area contributed by atoms with E-state index in [1.54, 1.807) is 24.6 Å². The zero-order valence-electron chi connectivity index (χ0n) is 14.6. The van der Waals surface area contributed by atoms with Crippen LogP contribution in [0.15, 0.2) is 65.1 Å². The second-order valence-corrected chi connectivity index (χ2v) is 8.38. The minimum Gasteiger partial charge on any atom is -0.496 e. The number of nitrogens with zero attached hydrogens (tertiary/aromatic N) is 2. The van der Waals surface area contributed by atoms with E-state index in [2.05, 4.69) is 14.7 Å². The lowest BCUT2D eigenvalue weighted by atomic mass is 10.0. The van der Waals surface area contributed by atoms with Crippen LogP contribution < -0.4 is 9.46 Å². The largest absolute Gasteiger partial charge is 0.496 e. The van der Waals surface area contributed by atoms with Crippen molar-refractivity contribution in [2.45, 2.75) is 4.90 Å². The van der Waals surface area contributed by atoms with E-state index >= 15 is 0 Å². The van der Waals surface area contributed by atoms with Crippen LogP contribution in [-0.2, 0) is 10.0 Å². The van der Waals surface area contributed by atoms with E-state index in [4.69, 9.17) is 4.74 Å². The Kier molecular flexibility index (Phi) is 4.70. The Balaban J connectivity index is 1.86. The molecular weight excluding hydrogens is 401 g/mol. The topological polar surface area (TPSA) is 81.2 Å². The number of hydrogen-bond acceptors (Lipinski definition) is 6. The van der Waals surface area contributed by atoms with E-state index in [1.807, 2.05) is 18.2 Å². The molecule has 0 saturated carbocycles. The van der Waals surface area contributed by atoms with Gasteiger partial charge in [0.15, 0.2) is 5.13 Å². The van der Waals surface area contributed by atoms with Crippen molar-refractivity contribution in [1.29, 1.82) is 0 Å². The zero-order chi connectivity index (χ0) is 19.7. The van der Waals surface area contributed by atoms with Gasteiger partial charge in [-0.05, 0) is 24.3 Å². The van der Waals surface area contributed by atoms with Gasteiger partial charge in [0, 0.05) is 27.9 Å². The molecule has 9 heteroatoms. The molecule has 2 heterocycles. The van der Waals surface area contributed by atoms with Crippen molar-refractivity contribution in [2.24, 2.45) is 0 Å². The average Bonchev–Trinajstić information content (AvgIpc) is 3.20. The Bertz CT molecular complexity index is 1260. The van der Waals surface area contributed by atoms with Crippen molar-refractivity contribution in [3.63, 3.8) is 0 Å². The normalized spacial score (nSPS) is 11.5. The number of aromatic nitrogens is 2. The summed E-state index contributed by atoms with van der Waals surface area (Å²) in [4.78, 5) is 8.06. The van der Waals surface area contributed by atoms with Gasteiger partial charge in [-0.15, -0.1) is 11.3 Å². The number of sulfonamides is 1. The minimum atomic E-state index is -3.90. The average molecular weight is 415 g/mol. The highest BCUT2D eigenvalue weighted by Crippen LogP contribution is 2.35. The van der Waals surface area contributed by atoms with Gasteiger partial charge in [-0.3, -0.25) is 9.71 Å². The third-order valence-electron chi connectivity index (χ3n) is 4.14. The molecule has 2 aromatic carbocycles. The molecular formula is C19H14FN3O3S2. The highest BCUT2D eigenvalue weighted by molar-refractivity contribution is 7.93. The van der Waals surface area contributed by atoms with Gasteiger partial charge in [0.05, 0.1) is 23.9 Å². The molecule has 0 unspecified atom stereocenters. The van der Waals surface area contributed by atoms with E-state index in [9.17, 15) is 12.8 Å². The SMILES string of the molecule is COc1ccccc1-c1ncc(F)c2cc(S(=O)(=O)Nc3nccs3)ccc12. The minimum absolute atomic E-state index is 0.0636. The van der Waals surface area contributed by atoms with Gasteiger partial charge < -0.3 is 4.74 Å². The number of halogens is 1. The van der Waals surface area contributed by atoms with Crippen LogP contribution in [-0.4, -0.2) is 25.5 Å². The molecule has 0 spiro atoms. The summed E-state index contributed by atoms with van der Waals surface area (Å²) in [7, 11) is -2.35. The molecule has 0 aliphatic carbocycles. The highest BCUT2D eigenvalue weighted by Gasteiger charge is 2.19. The van der Waals surface area contributed by atoms with Gasteiger partial charge in [-0.2, -0.15) is 0 Å². The molecule has 0 bridgehead atoms. The van der Waals surface area contributed by atoms with Crippen LogP contribution in [0.5, 0.6) is 5.75 Å². The number of para-hydroxylation sites is 1.